The molecule has 2 fully saturated rings. The summed E-state index contributed by atoms with van der Waals surface area (Å²) in [6.45, 7) is 0. The van der Waals surface area contributed by atoms with Crippen molar-refractivity contribution in [2.45, 2.75) is 63.2 Å². The molecule has 1 aromatic heterocycles. The first-order chi connectivity index (χ1) is 9.22. The maximum atomic E-state index is 11.5. The minimum atomic E-state index is 0.259. The summed E-state index contributed by atoms with van der Waals surface area (Å²) in [5.74, 6) is 3.11. The van der Waals surface area contributed by atoms with Gasteiger partial charge in [-0.25, -0.2) is 0 Å². The van der Waals surface area contributed by atoms with Crippen LogP contribution < -0.4 is 0 Å². The van der Waals surface area contributed by atoms with Gasteiger partial charge in [-0.3, -0.25) is 9.59 Å². The van der Waals surface area contributed by atoms with E-state index in [9.17, 15) is 9.59 Å². The molecule has 102 valence electrons. The average molecular weight is 260 g/mol. The van der Waals surface area contributed by atoms with E-state index in [2.05, 4.69) is 0 Å². The summed E-state index contributed by atoms with van der Waals surface area (Å²) in [6, 6.07) is 4.02. The van der Waals surface area contributed by atoms with E-state index < -0.39 is 0 Å². The summed E-state index contributed by atoms with van der Waals surface area (Å²) in [6.07, 6.45) is 6.73. The highest BCUT2D eigenvalue weighted by molar-refractivity contribution is 5.80. The molecule has 2 aliphatic carbocycles. The lowest BCUT2D eigenvalue weighted by atomic mass is 9.86. The van der Waals surface area contributed by atoms with E-state index in [1.165, 1.54) is 0 Å². The van der Waals surface area contributed by atoms with Crippen molar-refractivity contribution >= 4 is 11.6 Å². The summed E-state index contributed by atoms with van der Waals surface area (Å²) in [5, 5.41) is 0. The number of carbonyl (C=O) groups excluding carboxylic acids is 2. The number of hydrogen-bond donors (Lipinski definition) is 0. The first-order valence-corrected chi connectivity index (χ1v) is 7.35. The van der Waals surface area contributed by atoms with Crippen molar-refractivity contribution in [3.63, 3.8) is 0 Å². The van der Waals surface area contributed by atoms with Gasteiger partial charge in [0.05, 0.1) is 0 Å². The van der Waals surface area contributed by atoms with Crippen molar-refractivity contribution in [1.82, 2.24) is 0 Å². The summed E-state index contributed by atoms with van der Waals surface area (Å²) in [4.78, 5) is 23.0. The van der Waals surface area contributed by atoms with Crippen LogP contribution >= 0.6 is 0 Å². The van der Waals surface area contributed by atoms with E-state index in [0.717, 1.165) is 50.0 Å². The van der Waals surface area contributed by atoms with Gasteiger partial charge >= 0.3 is 0 Å². The number of rotatable bonds is 2. The molecule has 2 aliphatic rings. The zero-order valence-corrected chi connectivity index (χ0v) is 11.2. The van der Waals surface area contributed by atoms with Gasteiger partial charge in [-0.05, 0) is 37.8 Å². The molecule has 3 nitrogen and oxygen atoms in total. The lowest BCUT2D eigenvalue weighted by Gasteiger charge is -2.20. The number of furan rings is 1. The van der Waals surface area contributed by atoms with Gasteiger partial charge in [0.1, 0.15) is 23.1 Å². The molecular formula is C16H20O3. The highest BCUT2D eigenvalue weighted by atomic mass is 16.3. The zero-order chi connectivity index (χ0) is 13.2. The summed E-state index contributed by atoms with van der Waals surface area (Å²) in [5.41, 5.74) is 0. The highest BCUT2D eigenvalue weighted by Gasteiger charge is 2.27. The topological polar surface area (TPSA) is 47.3 Å². The smallest absolute Gasteiger partial charge is 0.133 e. The Morgan fingerprint density at radius 2 is 1.32 bits per heavy atom. The molecule has 0 aliphatic heterocycles. The van der Waals surface area contributed by atoms with Gasteiger partial charge in [0.15, 0.2) is 0 Å². The Labute approximate surface area is 113 Å². The number of ketones is 2. The normalized spacial score (nSPS) is 28.6. The van der Waals surface area contributed by atoms with Gasteiger partial charge in [0, 0.05) is 37.5 Å². The molecule has 0 radical (unpaired) electrons. The van der Waals surface area contributed by atoms with Crippen LogP contribution in [0.2, 0.25) is 0 Å². The predicted octanol–water partition coefficient (Wildman–Crippen LogP) is 3.73. The van der Waals surface area contributed by atoms with Crippen LogP contribution in [-0.2, 0) is 9.59 Å². The van der Waals surface area contributed by atoms with E-state index in [1.54, 1.807) is 0 Å². The van der Waals surface area contributed by atoms with Crippen LogP contribution in [0.25, 0.3) is 0 Å². The first-order valence-electron chi connectivity index (χ1n) is 7.35. The predicted molar refractivity (Wildman–Crippen MR) is 71.1 cm³/mol. The van der Waals surface area contributed by atoms with Crippen LogP contribution in [0.4, 0.5) is 0 Å². The Balaban J connectivity index is 1.71. The van der Waals surface area contributed by atoms with Gasteiger partial charge in [0.2, 0.25) is 0 Å². The van der Waals surface area contributed by atoms with Gasteiger partial charge in [-0.15, -0.1) is 0 Å². The number of carbonyl (C=O) groups is 2. The monoisotopic (exact) mass is 260 g/mol. The molecule has 0 aromatic carbocycles. The molecule has 3 rings (SSSR count). The van der Waals surface area contributed by atoms with E-state index in [0.29, 0.717) is 24.4 Å². The molecule has 0 amide bonds. The summed E-state index contributed by atoms with van der Waals surface area (Å²) < 4.78 is 5.95. The van der Waals surface area contributed by atoms with E-state index in [-0.39, 0.29) is 11.8 Å². The van der Waals surface area contributed by atoms with Crippen LogP contribution in [-0.4, -0.2) is 11.6 Å². The molecule has 2 saturated carbocycles. The van der Waals surface area contributed by atoms with E-state index in [4.69, 9.17) is 4.42 Å². The second kappa shape index (κ2) is 5.32. The second-order valence-electron chi connectivity index (χ2n) is 5.90. The Kier molecular flexibility index (Phi) is 3.54. The Hall–Kier alpha value is -1.38. The summed E-state index contributed by atoms with van der Waals surface area (Å²) in [7, 11) is 0. The minimum Gasteiger partial charge on any atom is -0.465 e. The number of Topliss-reactive ketones (excluding diaryl/α,β-unsaturated/α-hetero) is 2. The molecule has 1 heterocycles. The second-order valence-corrected chi connectivity index (χ2v) is 5.90. The average Bonchev–Trinajstić information content (AvgIpc) is 2.88. The van der Waals surface area contributed by atoms with Crippen molar-refractivity contribution in [2.75, 3.05) is 0 Å². The molecule has 2 atom stereocenters. The molecular weight excluding hydrogens is 240 g/mol. The molecule has 2 unspecified atom stereocenters. The third-order valence-corrected chi connectivity index (χ3v) is 4.42. The SMILES string of the molecule is O=C1CCCC(c2ccc(C3CCCC(=O)C3)o2)C1. The molecule has 0 spiro atoms. The van der Waals surface area contributed by atoms with Crippen molar-refractivity contribution in [3.8, 4) is 0 Å². The van der Waals surface area contributed by atoms with Crippen molar-refractivity contribution in [1.29, 1.82) is 0 Å². The fraction of sp³-hybridized carbons (Fsp3) is 0.625. The molecule has 0 saturated heterocycles. The van der Waals surface area contributed by atoms with E-state index in [1.807, 2.05) is 12.1 Å². The van der Waals surface area contributed by atoms with Crippen LogP contribution in [0, 0.1) is 0 Å². The summed E-state index contributed by atoms with van der Waals surface area (Å²) >= 11 is 0. The lowest BCUT2D eigenvalue weighted by molar-refractivity contribution is -0.121. The zero-order valence-electron chi connectivity index (χ0n) is 11.2. The third-order valence-electron chi connectivity index (χ3n) is 4.42. The Morgan fingerprint density at radius 3 is 1.74 bits per heavy atom. The van der Waals surface area contributed by atoms with Gasteiger partial charge in [-0.2, -0.15) is 0 Å². The van der Waals surface area contributed by atoms with Gasteiger partial charge in [-0.1, -0.05) is 0 Å². The van der Waals surface area contributed by atoms with E-state index >= 15 is 0 Å². The van der Waals surface area contributed by atoms with Crippen molar-refractivity contribution in [3.05, 3.63) is 23.7 Å². The maximum absolute atomic E-state index is 11.5. The lowest BCUT2D eigenvalue weighted by Crippen LogP contribution is -2.13. The van der Waals surface area contributed by atoms with Crippen molar-refractivity contribution < 1.29 is 14.0 Å². The van der Waals surface area contributed by atoms with Crippen LogP contribution in [0.3, 0.4) is 0 Å². The van der Waals surface area contributed by atoms with Crippen LogP contribution in [0.15, 0.2) is 16.5 Å². The molecule has 3 heteroatoms. The standard InChI is InChI=1S/C16H20O3/c17-13-5-1-3-11(9-13)15-7-8-16(19-15)12-4-2-6-14(18)10-12/h7-8,11-12H,1-6,9-10H2. The maximum Gasteiger partial charge on any atom is 0.133 e. The van der Waals surface area contributed by atoms with Crippen LogP contribution in [0.1, 0.15) is 74.7 Å². The third kappa shape index (κ3) is 2.80. The highest BCUT2D eigenvalue weighted by Crippen LogP contribution is 2.36. The van der Waals surface area contributed by atoms with Gasteiger partial charge < -0.3 is 4.42 Å². The minimum absolute atomic E-state index is 0.259. The molecule has 19 heavy (non-hydrogen) atoms. The van der Waals surface area contributed by atoms with Crippen molar-refractivity contribution in [2.24, 2.45) is 0 Å². The molecule has 0 N–H and O–H groups in total. The Bertz CT molecular complexity index is 443. The number of hydrogen-bond acceptors (Lipinski definition) is 3. The first kappa shape index (κ1) is 12.6. The fourth-order valence-electron chi connectivity index (χ4n) is 3.34. The Morgan fingerprint density at radius 1 is 0.842 bits per heavy atom. The quantitative estimate of drug-likeness (QED) is 0.814. The largest absolute Gasteiger partial charge is 0.465 e. The van der Waals surface area contributed by atoms with Crippen LogP contribution in [0.5, 0.6) is 0 Å². The molecule has 0 bridgehead atoms. The van der Waals surface area contributed by atoms with Gasteiger partial charge in [0.25, 0.3) is 0 Å². The molecule has 1 aromatic rings. The fourth-order valence-corrected chi connectivity index (χ4v) is 3.34.